The molecule has 0 fully saturated rings. The summed E-state index contributed by atoms with van der Waals surface area (Å²) in [5, 5.41) is 19.0. The van der Waals surface area contributed by atoms with E-state index in [-0.39, 0.29) is 36.6 Å². The van der Waals surface area contributed by atoms with Crippen LogP contribution in [-0.2, 0) is 19.2 Å². The fraction of sp³-hybridized carbons (Fsp3) is 0.600. The SMILES string of the molecule is O=C(O)CCN(C(=O)CBr)N(CCC(=O)O)C(=O)CBr. The minimum Gasteiger partial charge on any atom is -0.481 e. The van der Waals surface area contributed by atoms with Gasteiger partial charge in [-0.05, 0) is 0 Å². The third-order valence-electron chi connectivity index (χ3n) is 2.17. The molecule has 114 valence electrons. The molecule has 0 saturated heterocycles. The number of carbonyl (C=O) groups is 4. The van der Waals surface area contributed by atoms with Crippen LogP contribution in [0.25, 0.3) is 0 Å². The van der Waals surface area contributed by atoms with Gasteiger partial charge in [0, 0.05) is 0 Å². The lowest BCUT2D eigenvalue weighted by molar-refractivity contribution is -0.163. The molecular formula is C10H14Br2N2O6. The number of hydrogen-bond donors (Lipinski definition) is 2. The van der Waals surface area contributed by atoms with Crippen molar-refractivity contribution in [2.45, 2.75) is 12.8 Å². The first-order valence-electron chi connectivity index (χ1n) is 5.49. The number of carbonyl (C=O) groups excluding carboxylic acids is 2. The number of aliphatic carboxylic acids is 2. The van der Waals surface area contributed by atoms with E-state index in [4.69, 9.17) is 10.2 Å². The number of hydrogen-bond acceptors (Lipinski definition) is 4. The van der Waals surface area contributed by atoms with E-state index in [0.717, 1.165) is 10.0 Å². The fourth-order valence-electron chi connectivity index (χ4n) is 1.30. The first-order valence-corrected chi connectivity index (χ1v) is 7.74. The van der Waals surface area contributed by atoms with Gasteiger partial charge in [-0.1, -0.05) is 31.9 Å². The van der Waals surface area contributed by atoms with E-state index in [1.807, 2.05) is 0 Å². The minimum atomic E-state index is -1.12. The largest absolute Gasteiger partial charge is 0.481 e. The Morgan fingerprint density at radius 3 is 1.25 bits per heavy atom. The van der Waals surface area contributed by atoms with E-state index in [1.54, 1.807) is 0 Å². The number of hydrazine groups is 1. The van der Waals surface area contributed by atoms with E-state index in [0.29, 0.717) is 0 Å². The third kappa shape index (κ3) is 6.85. The van der Waals surface area contributed by atoms with Crippen molar-refractivity contribution in [1.29, 1.82) is 0 Å². The van der Waals surface area contributed by atoms with Crippen molar-refractivity contribution in [2.24, 2.45) is 0 Å². The molecule has 0 heterocycles. The number of carboxylic acids is 2. The molecule has 8 nitrogen and oxygen atoms in total. The molecule has 0 rings (SSSR count). The Morgan fingerprint density at radius 1 is 0.750 bits per heavy atom. The molecule has 0 spiro atoms. The van der Waals surface area contributed by atoms with Crippen molar-refractivity contribution in [3.05, 3.63) is 0 Å². The van der Waals surface area contributed by atoms with Crippen LogP contribution in [0.5, 0.6) is 0 Å². The summed E-state index contributed by atoms with van der Waals surface area (Å²) in [6.45, 7) is -0.420. The average Bonchev–Trinajstić information content (AvgIpc) is 2.40. The second-order valence-corrected chi connectivity index (χ2v) is 4.71. The van der Waals surface area contributed by atoms with Gasteiger partial charge in [0.1, 0.15) is 0 Å². The molecule has 0 saturated carbocycles. The molecule has 0 aromatic carbocycles. The molecule has 10 heteroatoms. The first kappa shape index (κ1) is 18.8. The van der Waals surface area contributed by atoms with Gasteiger partial charge in [-0.2, -0.15) is 0 Å². The summed E-state index contributed by atoms with van der Waals surface area (Å²) in [4.78, 5) is 44.7. The van der Waals surface area contributed by atoms with Crippen molar-refractivity contribution in [2.75, 3.05) is 23.7 Å². The van der Waals surface area contributed by atoms with Crippen molar-refractivity contribution in [3.63, 3.8) is 0 Å². The molecule has 0 atom stereocenters. The maximum atomic E-state index is 11.8. The zero-order valence-corrected chi connectivity index (χ0v) is 13.6. The van der Waals surface area contributed by atoms with Crippen molar-refractivity contribution in [3.8, 4) is 0 Å². The lowest BCUT2D eigenvalue weighted by Crippen LogP contribution is -2.52. The molecule has 0 radical (unpaired) electrons. The Morgan fingerprint density at radius 2 is 1.05 bits per heavy atom. The summed E-state index contributed by atoms with van der Waals surface area (Å²) in [5.74, 6) is -3.29. The van der Waals surface area contributed by atoms with E-state index < -0.39 is 23.8 Å². The first-order chi connectivity index (χ1) is 9.33. The number of carboxylic acid groups (broad SMARTS) is 2. The second-order valence-electron chi connectivity index (χ2n) is 3.59. The molecule has 2 amide bonds. The van der Waals surface area contributed by atoms with Crippen LogP contribution in [0.2, 0.25) is 0 Å². The van der Waals surface area contributed by atoms with Crippen LogP contribution in [0.4, 0.5) is 0 Å². The highest BCUT2D eigenvalue weighted by Crippen LogP contribution is 2.07. The van der Waals surface area contributed by atoms with Gasteiger partial charge in [-0.3, -0.25) is 29.2 Å². The highest BCUT2D eigenvalue weighted by Gasteiger charge is 2.25. The molecular weight excluding hydrogens is 404 g/mol. The number of alkyl halides is 2. The minimum absolute atomic E-state index is 0.105. The highest BCUT2D eigenvalue weighted by atomic mass is 79.9. The van der Waals surface area contributed by atoms with Crippen LogP contribution in [-0.4, -0.2) is 67.7 Å². The third-order valence-corrected chi connectivity index (χ3v) is 3.13. The predicted molar refractivity (Wildman–Crippen MR) is 75.5 cm³/mol. The lowest BCUT2D eigenvalue weighted by Gasteiger charge is -2.33. The van der Waals surface area contributed by atoms with Crippen molar-refractivity contribution >= 4 is 55.6 Å². The van der Waals surface area contributed by atoms with E-state index in [2.05, 4.69) is 31.9 Å². The summed E-state index contributed by atoms with van der Waals surface area (Å²) in [6, 6.07) is 0. The number of nitrogens with zero attached hydrogens (tertiary/aromatic N) is 2. The number of halogens is 2. The standard InChI is InChI=1S/C10H14Br2N2O6/c11-5-7(15)13(3-1-9(17)18)14(8(16)6-12)4-2-10(19)20/h1-6H2,(H,17,18)(H,19,20). The van der Waals surface area contributed by atoms with Gasteiger partial charge in [-0.25, -0.2) is 0 Å². The average molecular weight is 418 g/mol. The van der Waals surface area contributed by atoms with E-state index in [9.17, 15) is 19.2 Å². The van der Waals surface area contributed by atoms with Gasteiger partial charge >= 0.3 is 11.9 Å². The molecule has 0 bridgehead atoms. The van der Waals surface area contributed by atoms with Gasteiger partial charge in [0.2, 0.25) is 0 Å². The Hall–Kier alpha value is -1.16. The monoisotopic (exact) mass is 416 g/mol. The zero-order valence-electron chi connectivity index (χ0n) is 10.4. The molecule has 0 unspecified atom stereocenters. The van der Waals surface area contributed by atoms with Crippen LogP contribution < -0.4 is 0 Å². The van der Waals surface area contributed by atoms with Crippen molar-refractivity contribution < 1.29 is 29.4 Å². The molecule has 0 aliphatic rings. The van der Waals surface area contributed by atoms with Gasteiger partial charge < -0.3 is 10.2 Å². The van der Waals surface area contributed by atoms with Crippen LogP contribution in [0.3, 0.4) is 0 Å². The Bertz CT molecular complexity index is 354. The second kappa shape index (κ2) is 9.70. The quantitative estimate of drug-likeness (QED) is 0.433. The fourth-order valence-corrected chi connectivity index (χ4v) is 1.88. The van der Waals surface area contributed by atoms with Crippen molar-refractivity contribution in [1.82, 2.24) is 10.0 Å². The maximum Gasteiger partial charge on any atom is 0.305 e. The maximum absolute atomic E-state index is 11.8. The lowest BCUT2D eigenvalue weighted by atomic mass is 10.3. The Kier molecular flexibility index (Phi) is 9.14. The van der Waals surface area contributed by atoms with Gasteiger partial charge in [0.25, 0.3) is 11.8 Å². The molecule has 2 N–H and O–H groups in total. The summed E-state index contributed by atoms with van der Waals surface area (Å²) in [6.07, 6.45) is -0.699. The van der Waals surface area contributed by atoms with Crippen LogP contribution >= 0.6 is 31.9 Å². The number of amides is 2. The molecule has 0 aliphatic carbocycles. The molecule has 20 heavy (non-hydrogen) atoms. The molecule has 0 aromatic rings. The normalized spacial score (nSPS) is 9.90. The summed E-state index contributed by atoms with van der Waals surface area (Å²) >= 11 is 5.87. The summed E-state index contributed by atoms with van der Waals surface area (Å²) in [5.41, 5.74) is 0. The Labute approximate surface area is 131 Å². The Balaban J connectivity index is 5.05. The molecule has 0 aromatic heterocycles. The van der Waals surface area contributed by atoms with Crippen LogP contribution in [0.1, 0.15) is 12.8 Å². The summed E-state index contributed by atoms with van der Waals surface area (Å²) < 4.78 is 0. The van der Waals surface area contributed by atoms with Gasteiger partial charge in [0.05, 0.1) is 36.6 Å². The zero-order chi connectivity index (χ0) is 15.7. The van der Waals surface area contributed by atoms with E-state index >= 15 is 0 Å². The van der Waals surface area contributed by atoms with Crippen LogP contribution in [0, 0.1) is 0 Å². The smallest absolute Gasteiger partial charge is 0.305 e. The van der Waals surface area contributed by atoms with E-state index in [1.165, 1.54) is 0 Å². The topological polar surface area (TPSA) is 115 Å². The predicted octanol–water partition coefficient (Wildman–Crippen LogP) is 0.298. The van der Waals surface area contributed by atoms with Gasteiger partial charge in [0.15, 0.2) is 0 Å². The molecule has 0 aliphatic heterocycles. The van der Waals surface area contributed by atoms with Gasteiger partial charge in [-0.15, -0.1) is 0 Å². The highest BCUT2D eigenvalue weighted by molar-refractivity contribution is 9.09. The van der Waals surface area contributed by atoms with Crippen LogP contribution in [0.15, 0.2) is 0 Å². The summed E-state index contributed by atoms with van der Waals surface area (Å²) in [7, 11) is 0. The number of rotatable bonds is 8.